The van der Waals surface area contributed by atoms with Crippen LogP contribution in [0.15, 0.2) is 18.2 Å². The molecule has 0 aromatic heterocycles. The molecule has 3 N–H and O–H groups in total. The van der Waals surface area contributed by atoms with Gasteiger partial charge in [0.05, 0.1) is 25.4 Å². The smallest absolute Gasteiger partial charge is 0.255 e. The number of carbonyl (C=O) groups is 1. The van der Waals surface area contributed by atoms with E-state index in [1.165, 1.54) is 4.90 Å². The van der Waals surface area contributed by atoms with Gasteiger partial charge in [0.1, 0.15) is 0 Å². The molecular formula is C12H17ClN2O3. The minimum atomic E-state index is -0.206. The highest BCUT2D eigenvalue weighted by atomic mass is 35.5. The van der Waals surface area contributed by atoms with Crippen molar-refractivity contribution in [3.63, 3.8) is 0 Å². The quantitative estimate of drug-likeness (QED) is 0.598. The van der Waals surface area contributed by atoms with Crippen LogP contribution >= 0.6 is 11.6 Å². The number of anilines is 1. The Morgan fingerprint density at radius 2 is 2.22 bits per heavy atom. The number of rotatable bonds is 6. The van der Waals surface area contributed by atoms with Crippen LogP contribution in [0.5, 0.6) is 0 Å². The Morgan fingerprint density at radius 3 is 2.89 bits per heavy atom. The number of aliphatic hydroxyl groups is 1. The molecule has 100 valence electrons. The molecule has 0 radical (unpaired) electrons. The van der Waals surface area contributed by atoms with Gasteiger partial charge in [0.2, 0.25) is 0 Å². The lowest BCUT2D eigenvalue weighted by Gasteiger charge is -2.18. The van der Waals surface area contributed by atoms with Crippen LogP contribution in [-0.4, -0.2) is 49.3 Å². The van der Waals surface area contributed by atoms with Gasteiger partial charge in [-0.3, -0.25) is 4.79 Å². The summed E-state index contributed by atoms with van der Waals surface area (Å²) in [5.74, 6) is -0.206. The lowest BCUT2D eigenvalue weighted by atomic mass is 10.1. The minimum absolute atomic E-state index is 0.0289. The zero-order valence-electron chi connectivity index (χ0n) is 10.2. The number of hydrogen-bond acceptors (Lipinski definition) is 4. The number of nitrogens with zero attached hydrogens (tertiary/aromatic N) is 1. The van der Waals surface area contributed by atoms with Crippen LogP contribution in [0.4, 0.5) is 5.69 Å². The molecular weight excluding hydrogens is 256 g/mol. The van der Waals surface area contributed by atoms with Crippen molar-refractivity contribution in [2.75, 3.05) is 39.1 Å². The van der Waals surface area contributed by atoms with Crippen LogP contribution in [0.3, 0.4) is 0 Å². The summed E-state index contributed by atoms with van der Waals surface area (Å²) in [6, 6.07) is 4.79. The van der Waals surface area contributed by atoms with Gasteiger partial charge in [-0.25, -0.2) is 0 Å². The molecule has 1 amide bonds. The maximum Gasteiger partial charge on any atom is 0.255 e. The molecule has 0 unspecified atom stereocenters. The summed E-state index contributed by atoms with van der Waals surface area (Å²) in [6.07, 6.45) is 0. The number of aliphatic hydroxyl groups excluding tert-OH is 1. The fourth-order valence-corrected chi connectivity index (χ4v) is 1.56. The third kappa shape index (κ3) is 4.18. The van der Waals surface area contributed by atoms with E-state index in [9.17, 15) is 4.79 Å². The van der Waals surface area contributed by atoms with Gasteiger partial charge in [-0.1, -0.05) is 11.6 Å². The minimum Gasteiger partial charge on any atom is -0.398 e. The summed E-state index contributed by atoms with van der Waals surface area (Å²) in [5.41, 5.74) is 6.51. The Morgan fingerprint density at radius 1 is 1.50 bits per heavy atom. The number of benzene rings is 1. The van der Waals surface area contributed by atoms with Crippen LogP contribution < -0.4 is 5.73 Å². The maximum absolute atomic E-state index is 12.1. The van der Waals surface area contributed by atoms with Crippen LogP contribution in [0.25, 0.3) is 0 Å². The molecule has 1 rings (SSSR count). The van der Waals surface area contributed by atoms with E-state index >= 15 is 0 Å². The molecule has 0 aliphatic carbocycles. The lowest BCUT2D eigenvalue weighted by Crippen LogP contribution is -2.31. The lowest BCUT2D eigenvalue weighted by molar-refractivity contribution is 0.0619. The second-order valence-electron chi connectivity index (χ2n) is 3.79. The van der Waals surface area contributed by atoms with Crippen molar-refractivity contribution in [2.24, 2.45) is 0 Å². The monoisotopic (exact) mass is 272 g/mol. The number of hydrogen-bond donors (Lipinski definition) is 2. The van der Waals surface area contributed by atoms with Crippen molar-refractivity contribution < 1.29 is 14.6 Å². The molecule has 0 saturated heterocycles. The Labute approximate surface area is 111 Å². The van der Waals surface area contributed by atoms with Crippen molar-refractivity contribution in [3.05, 3.63) is 28.8 Å². The molecule has 0 aliphatic rings. The number of carbonyl (C=O) groups excluding carboxylic acids is 1. The molecule has 5 nitrogen and oxygen atoms in total. The van der Waals surface area contributed by atoms with Gasteiger partial charge in [0.15, 0.2) is 0 Å². The normalized spacial score (nSPS) is 10.4. The first kappa shape index (κ1) is 14.8. The van der Waals surface area contributed by atoms with Gasteiger partial charge in [-0.05, 0) is 18.2 Å². The van der Waals surface area contributed by atoms with Crippen LogP contribution in [-0.2, 0) is 4.74 Å². The van der Waals surface area contributed by atoms with Crippen LogP contribution in [0.2, 0.25) is 5.02 Å². The van der Waals surface area contributed by atoms with E-state index in [0.717, 1.165) is 0 Å². The average molecular weight is 273 g/mol. The first-order chi connectivity index (χ1) is 8.56. The number of nitrogens with two attached hydrogens (primary N) is 1. The van der Waals surface area contributed by atoms with E-state index in [4.69, 9.17) is 27.2 Å². The van der Waals surface area contributed by atoms with Gasteiger partial charge in [-0.2, -0.15) is 0 Å². The van der Waals surface area contributed by atoms with Crippen LogP contribution in [0, 0.1) is 0 Å². The Balaban J connectivity index is 2.60. The summed E-state index contributed by atoms with van der Waals surface area (Å²) < 4.78 is 5.09. The molecule has 1 aromatic carbocycles. The highest BCUT2D eigenvalue weighted by Crippen LogP contribution is 2.19. The Hall–Kier alpha value is -1.30. The predicted octanol–water partition coefficient (Wildman–Crippen LogP) is 1.00. The molecule has 1 aromatic rings. The number of likely N-dealkylation sites (N-methyl/N-ethyl adjacent to an activating group) is 1. The second kappa shape index (κ2) is 7.20. The maximum atomic E-state index is 12.1. The molecule has 0 atom stereocenters. The average Bonchev–Trinajstić information content (AvgIpc) is 2.36. The SMILES string of the molecule is CN(CCOCCO)C(=O)c1cc(Cl)ccc1N. The van der Waals surface area contributed by atoms with E-state index in [-0.39, 0.29) is 19.1 Å². The van der Waals surface area contributed by atoms with Crippen molar-refractivity contribution in [2.45, 2.75) is 0 Å². The first-order valence-corrected chi connectivity index (χ1v) is 5.93. The molecule has 0 bridgehead atoms. The second-order valence-corrected chi connectivity index (χ2v) is 4.23. The van der Waals surface area contributed by atoms with E-state index in [0.29, 0.717) is 29.4 Å². The number of nitrogen functional groups attached to an aromatic ring is 1. The molecule has 6 heteroatoms. The van der Waals surface area contributed by atoms with Crippen molar-refractivity contribution in [1.82, 2.24) is 4.90 Å². The van der Waals surface area contributed by atoms with Gasteiger partial charge < -0.3 is 20.5 Å². The first-order valence-electron chi connectivity index (χ1n) is 5.55. The van der Waals surface area contributed by atoms with E-state index in [1.807, 2.05) is 0 Å². The van der Waals surface area contributed by atoms with Gasteiger partial charge >= 0.3 is 0 Å². The van der Waals surface area contributed by atoms with Gasteiger partial charge in [-0.15, -0.1) is 0 Å². The zero-order valence-corrected chi connectivity index (χ0v) is 11.0. The molecule has 0 spiro atoms. The third-order valence-corrected chi connectivity index (χ3v) is 2.63. The predicted molar refractivity (Wildman–Crippen MR) is 70.7 cm³/mol. The molecule has 0 aliphatic heterocycles. The summed E-state index contributed by atoms with van der Waals surface area (Å²) >= 11 is 5.83. The summed E-state index contributed by atoms with van der Waals surface area (Å²) in [5, 5.41) is 9.02. The Bertz CT molecular complexity index is 412. The molecule has 18 heavy (non-hydrogen) atoms. The zero-order chi connectivity index (χ0) is 13.5. The number of amides is 1. The standard InChI is InChI=1S/C12H17ClN2O3/c1-15(4-6-18-7-5-16)12(17)10-8-9(13)2-3-11(10)14/h2-3,8,16H,4-7,14H2,1H3. The summed E-state index contributed by atoms with van der Waals surface area (Å²) in [7, 11) is 1.66. The highest BCUT2D eigenvalue weighted by molar-refractivity contribution is 6.31. The van der Waals surface area contributed by atoms with Crippen molar-refractivity contribution in [1.29, 1.82) is 0 Å². The molecule has 0 saturated carbocycles. The van der Waals surface area contributed by atoms with E-state index < -0.39 is 0 Å². The summed E-state index contributed by atoms with van der Waals surface area (Å²) in [4.78, 5) is 13.6. The number of halogens is 1. The molecule has 0 fully saturated rings. The van der Waals surface area contributed by atoms with E-state index in [2.05, 4.69) is 0 Å². The largest absolute Gasteiger partial charge is 0.398 e. The third-order valence-electron chi connectivity index (χ3n) is 2.40. The topological polar surface area (TPSA) is 75.8 Å². The van der Waals surface area contributed by atoms with E-state index in [1.54, 1.807) is 25.2 Å². The van der Waals surface area contributed by atoms with Crippen LogP contribution in [0.1, 0.15) is 10.4 Å². The van der Waals surface area contributed by atoms with Crippen molar-refractivity contribution >= 4 is 23.2 Å². The molecule has 0 heterocycles. The van der Waals surface area contributed by atoms with Crippen molar-refractivity contribution in [3.8, 4) is 0 Å². The van der Waals surface area contributed by atoms with Gasteiger partial charge in [0.25, 0.3) is 5.91 Å². The highest BCUT2D eigenvalue weighted by Gasteiger charge is 2.14. The summed E-state index contributed by atoms with van der Waals surface area (Å²) in [6.45, 7) is 1.02. The number of ether oxygens (including phenoxy) is 1. The van der Waals surface area contributed by atoms with Gasteiger partial charge in [0, 0.05) is 24.3 Å². The Kier molecular flexibility index (Phi) is 5.91. The fourth-order valence-electron chi connectivity index (χ4n) is 1.39. The fraction of sp³-hybridized carbons (Fsp3) is 0.417.